The van der Waals surface area contributed by atoms with E-state index in [-0.39, 0.29) is 21.2 Å². The molecule has 6 nitrogen and oxygen atoms in total. The van der Waals surface area contributed by atoms with Gasteiger partial charge >= 0.3 is 0 Å². The van der Waals surface area contributed by atoms with E-state index >= 15 is 0 Å². The van der Waals surface area contributed by atoms with Crippen LogP contribution in [0.1, 0.15) is 0 Å². The van der Waals surface area contributed by atoms with E-state index in [1.54, 1.807) is 18.2 Å². The lowest BCUT2D eigenvalue weighted by atomic mass is 10.3. The average Bonchev–Trinajstić information content (AvgIpc) is 2.64. The van der Waals surface area contributed by atoms with E-state index in [0.717, 1.165) is 6.07 Å². The van der Waals surface area contributed by atoms with Gasteiger partial charge < -0.3 is 0 Å². The van der Waals surface area contributed by atoms with Crippen LogP contribution in [0.5, 0.6) is 0 Å². The summed E-state index contributed by atoms with van der Waals surface area (Å²) < 4.78 is 67.4. The minimum absolute atomic E-state index is 0.0860. The highest BCUT2D eigenvalue weighted by molar-refractivity contribution is 7.93. The summed E-state index contributed by atoms with van der Waals surface area (Å²) in [5, 5.41) is 0. The minimum atomic E-state index is -4.02. The van der Waals surface area contributed by atoms with Crippen molar-refractivity contribution in [1.29, 1.82) is 0 Å². The van der Waals surface area contributed by atoms with E-state index in [1.807, 2.05) is 0 Å². The molecule has 0 heterocycles. The molecule has 0 saturated heterocycles. The van der Waals surface area contributed by atoms with Gasteiger partial charge in [-0.1, -0.05) is 30.3 Å². The summed E-state index contributed by atoms with van der Waals surface area (Å²) in [4.78, 5) is -0.0451. The van der Waals surface area contributed by atoms with Crippen LogP contribution < -0.4 is 9.44 Å². The number of hydrogen-bond donors (Lipinski definition) is 2. The quantitative estimate of drug-likeness (QED) is 0.656. The molecule has 9 heteroatoms. The first kappa shape index (κ1) is 18.9. The van der Waals surface area contributed by atoms with Gasteiger partial charge in [-0.3, -0.25) is 9.44 Å². The van der Waals surface area contributed by atoms with Crippen molar-refractivity contribution >= 4 is 31.4 Å². The van der Waals surface area contributed by atoms with Gasteiger partial charge in [0.25, 0.3) is 20.0 Å². The number of halogens is 1. The molecule has 0 aliphatic heterocycles. The van der Waals surface area contributed by atoms with E-state index in [9.17, 15) is 21.2 Å². The third-order valence-corrected chi connectivity index (χ3v) is 6.37. The molecule has 0 bridgehead atoms. The molecule has 140 valence electrons. The highest BCUT2D eigenvalue weighted by Gasteiger charge is 2.17. The molecule has 0 spiro atoms. The van der Waals surface area contributed by atoms with Gasteiger partial charge in [-0.25, -0.2) is 21.2 Å². The first-order valence-corrected chi connectivity index (χ1v) is 10.7. The lowest BCUT2D eigenvalue weighted by molar-refractivity contribution is 0.598. The van der Waals surface area contributed by atoms with Crippen molar-refractivity contribution in [1.82, 2.24) is 0 Å². The van der Waals surface area contributed by atoms with E-state index in [1.165, 1.54) is 54.6 Å². The number of hydrogen-bond acceptors (Lipinski definition) is 4. The molecule has 2 N–H and O–H groups in total. The van der Waals surface area contributed by atoms with Crippen LogP contribution in [0.4, 0.5) is 15.8 Å². The molecule has 0 fully saturated rings. The van der Waals surface area contributed by atoms with Crippen molar-refractivity contribution in [3.63, 3.8) is 0 Å². The van der Waals surface area contributed by atoms with Crippen LogP contribution in [0, 0.1) is 5.82 Å². The molecule has 0 atom stereocenters. The number of para-hydroxylation sites is 1. The monoisotopic (exact) mass is 406 g/mol. The molecular formula is C18H15FN2O4S2. The molecule has 3 aromatic carbocycles. The van der Waals surface area contributed by atoms with Crippen molar-refractivity contribution in [2.45, 2.75) is 9.79 Å². The SMILES string of the molecule is O=S(=O)(Nc1ccc(S(=O)(=O)Nc2ccccc2F)cc1)c1ccccc1. The molecule has 0 saturated carbocycles. The number of nitrogens with one attached hydrogen (secondary N) is 2. The molecule has 3 aromatic rings. The zero-order valence-electron chi connectivity index (χ0n) is 13.8. The van der Waals surface area contributed by atoms with Crippen molar-refractivity contribution < 1.29 is 21.2 Å². The molecular weight excluding hydrogens is 391 g/mol. The summed E-state index contributed by atoms with van der Waals surface area (Å²) in [5.74, 6) is -0.701. The van der Waals surface area contributed by atoms with Gasteiger partial charge in [0.05, 0.1) is 15.5 Å². The molecule has 3 rings (SSSR count). The Balaban J connectivity index is 1.80. The smallest absolute Gasteiger partial charge is 0.261 e. The Morgan fingerprint density at radius 1 is 0.593 bits per heavy atom. The standard InChI is InChI=1S/C18H15FN2O4S2/c19-17-8-4-5-9-18(17)21-27(24,25)16-12-10-14(11-13-16)20-26(22,23)15-6-2-1-3-7-15/h1-13,20-21H. The minimum Gasteiger partial charge on any atom is -0.280 e. The van der Waals surface area contributed by atoms with Crippen molar-refractivity contribution in [3.05, 3.63) is 84.7 Å². The normalized spacial score (nSPS) is 11.7. The highest BCUT2D eigenvalue weighted by atomic mass is 32.2. The summed E-state index contributed by atoms with van der Waals surface area (Å²) in [5.41, 5.74) is 0.0232. The molecule has 0 aliphatic rings. The Bertz CT molecular complexity index is 1150. The molecule has 27 heavy (non-hydrogen) atoms. The van der Waals surface area contributed by atoms with Gasteiger partial charge in [-0.05, 0) is 48.5 Å². The Morgan fingerprint density at radius 2 is 1.11 bits per heavy atom. The Labute approximate surface area is 156 Å². The molecule has 0 radical (unpaired) electrons. The first-order chi connectivity index (χ1) is 12.8. The van der Waals surface area contributed by atoms with Crippen molar-refractivity contribution in [3.8, 4) is 0 Å². The predicted octanol–water partition coefficient (Wildman–Crippen LogP) is 3.43. The Morgan fingerprint density at radius 3 is 1.74 bits per heavy atom. The van der Waals surface area contributed by atoms with Gasteiger partial charge in [-0.15, -0.1) is 0 Å². The number of benzene rings is 3. The fourth-order valence-corrected chi connectivity index (χ4v) is 4.41. The summed E-state index contributed by atoms with van der Waals surface area (Å²) in [6, 6.07) is 18.3. The number of rotatable bonds is 6. The van der Waals surface area contributed by atoms with Gasteiger partial charge in [0.2, 0.25) is 0 Å². The zero-order valence-corrected chi connectivity index (χ0v) is 15.5. The Kier molecular flexibility index (Phi) is 5.15. The fraction of sp³-hybridized carbons (Fsp3) is 0. The maximum atomic E-state index is 13.6. The third kappa shape index (κ3) is 4.44. The Hall–Kier alpha value is -2.91. The van der Waals surface area contributed by atoms with Gasteiger partial charge in [0, 0.05) is 5.69 Å². The second kappa shape index (κ2) is 7.37. The van der Waals surface area contributed by atoms with Crippen LogP contribution in [0.2, 0.25) is 0 Å². The van der Waals surface area contributed by atoms with Gasteiger partial charge in [0.1, 0.15) is 5.82 Å². The summed E-state index contributed by atoms with van der Waals surface area (Å²) in [6.07, 6.45) is 0. The maximum absolute atomic E-state index is 13.6. The van der Waals surface area contributed by atoms with Crippen LogP contribution in [0.25, 0.3) is 0 Å². The third-order valence-electron chi connectivity index (χ3n) is 3.59. The van der Waals surface area contributed by atoms with Crippen LogP contribution in [-0.4, -0.2) is 16.8 Å². The summed E-state index contributed by atoms with van der Waals surface area (Å²) in [7, 11) is -7.80. The lowest BCUT2D eigenvalue weighted by Crippen LogP contribution is -2.15. The van der Waals surface area contributed by atoms with E-state index < -0.39 is 25.9 Å². The summed E-state index contributed by atoms with van der Waals surface area (Å²) >= 11 is 0. The van der Waals surface area contributed by atoms with Crippen LogP contribution >= 0.6 is 0 Å². The van der Waals surface area contributed by atoms with E-state index in [4.69, 9.17) is 0 Å². The molecule has 0 aliphatic carbocycles. The average molecular weight is 406 g/mol. The number of anilines is 2. The van der Waals surface area contributed by atoms with E-state index in [2.05, 4.69) is 9.44 Å². The largest absolute Gasteiger partial charge is 0.280 e. The first-order valence-electron chi connectivity index (χ1n) is 7.73. The number of sulfonamides is 2. The van der Waals surface area contributed by atoms with Crippen LogP contribution in [-0.2, 0) is 20.0 Å². The predicted molar refractivity (Wildman–Crippen MR) is 101 cm³/mol. The highest BCUT2D eigenvalue weighted by Crippen LogP contribution is 2.21. The molecule has 0 aromatic heterocycles. The second-order valence-corrected chi connectivity index (χ2v) is 8.89. The molecule has 0 unspecified atom stereocenters. The van der Waals surface area contributed by atoms with Crippen molar-refractivity contribution in [2.75, 3.05) is 9.44 Å². The van der Waals surface area contributed by atoms with Crippen molar-refractivity contribution in [2.24, 2.45) is 0 Å². The summed E-state index contributed by atoms with van der Waals surface area (Å²) in [6.45, 7) is 0. The molecule has 0 amide bonds. The van der Waals surface area contributed by atoms with Crippen LogP contribution in [0.15, 0.2) is 88.7 Å². The van der Waals surface area contributed by atoms with Crippen LogP contribution in [0.3, 0.4) is 0 Å². The fourth-order valence-electron chi connectivity index (χ4n) is 2.26. The topological polar surface area (TPSA) is 92.3 Å². The maximum Gasteiger partial charge on any atom is 0.261 e. The second-order valence-electron chi connectivity index (χ2n) is 5.53. The van der Waals surface area contributed by atoms with Gasteiger partial charge in [0.15, 0.2) is 0 Å². The lowest BCUT2D eigenvalue weighted by Gasteiger charge is -2.11. The van der Waals surface area contributed by atoms with E-state index in [0.29, 0.717) is 0 Å². The zero-order chi connectivity index (χ0) is 19.5. The van der Waals surface area contributed by atoms with Gasteiger partial charge in [-0.2, -0.15) is 0 Å².